The van der Waals surface area contributed by atoms with Crippen LogP contribution < -0.4 is 10.6 Å². The van der Waals surface area contributed by atoms with Crippen LogP contribution in [0.3, 0.4) is 0 Å². The topological polar surface area (TPSA) is 67.4 Å². The number of urea groups is 1. The third-order valence-electron chi connectivity index (χ3n) is 1.39. The van der Waals surface area contributed by atoms with E-state index in [1.807, 2.05) is 0 Å². The fourth-order valence-corrected chi connectivity index (χ4v) is 0.827. The highest BCUT2D eigenvalue weighted by Gasteiger charge is 2.05. The van der Waals surface area contributed by atoms with Gasteiger partial charge in [0.2, 0.25) is 0 Å². The van der Waals surface area contributed by atoms with Crippen molar-refractivity contribution in [2.75, 3.05) is 13.1 Å². The number of nitrogens with one attached hydrogen (secondary N) is 2. The van der Waals surface area contributed by atoms with Crippen molar-refractivity contribution in [3.8, 4) is 0 Å². The molecule has 0 aliphatic carbocycles. The van der Waals surface area contributed by atoms with Crippen molar-refractivity contribution in [1.82, 2.24) is 10.6 Å². The lowest BCUT2D eigenvalue weighted by atomic mass is 10.4. The Morgan fingerprint density at radius 3 is 2.60 bits per heavy atom. The maximum Gasteiger partial charge on any atom is 0.315 e. The molecule has 0 saturated carbocycles. The molecule has 0 bridgehead atoms. The second kappa shape index (κ2) is 7.84. The van der Waals surface area contributed by atoms with Gasteiger partial charge >= 0.3 is 12.0 Å². The van der Waals surface area contributed by atoms with E-state index in [0.29, 0.717) is 6.54 Å². The van der Waals surface area contributed by atoms with Gasteiger partial charge in [-0.15, -0.1) is 6.58 Å². The minimum atomic E-state index is -0.313. The number of rotatable bonds is 6. The van der Waals surface area contributed by atoms with E-state index in [9.17, 15) is 9.59 Å². The van der Waals surface area contributed by atoms with Crippen LogP contribution >= 0.6 is 0 Å². The van der Waals surface area contributed by atoms with Crippen LogP contribution in [0.4, 0.5) is 4.79 Å². The van der Waals surface area contributed by atoms with Crippen molar-refractivity contribution in [3.63, 3.8) is 0 Å². The third kappa shape index (κ3) is 8.80. The zero-order valence-corrected chi connectivity index (χ0v) is 9.21. The summed E-state index contributed by atoms with van der Waals surface area (Å²) in [4.78, 5) is 22.0. The molecule has 2 N–H and O–H groups in total. The number of ether oxygens (including phenoxy) is 1. The summed E-state index contributed by atoms with van der Waals surface area (Å²) in [6, 6.07) is -0.313. The van der Waals surface area contributed by atoms with Gasteiger partial charge in [-0.2, -0.15) is 0 Å². The van der Waals surface area contributed by atoms with Crippen molar-refractivity contribution in [3.05, 3.63) is 12.7 Å². The highest BCUT2D eigenvalue weighted by atomic mass is 16.5. The first-order valence-electron chi connectivity index (χ1n) is 4.88. The summed E-state index contributed by atoms with van der Waals surface area (Å²) in [7, 11) is 0. The van der Waals surface area contributed by atoms with Crippen molar-refractivity contribution in [1.29, 1.82) is 0 Å². The molecule has 0 aromatic carbocycles. The Morgan fingerprint density at radius 1 is 1.40 bits per heavy atom. The van der Waals surface area contributed by atoms with Crippen LogP contribution in [0.2, 0.25) is 0 Å². The summed E-state index contributed by atoms with van der Waals surface area (Å²) in [6.07, 6.45) is 1.64. The third-order valence-corrected chi connectivity index (χ3v) is 1.39. The van der Waals surface area contributed by atoms with Crippen molar-refractivity contribution in [2.24, 2.45) is 0 Å². The summed E-state index contributed by atoms with van der Waals surface area (Å²) in [6.45, 7) is 7.69. The lowest BCUT2D eigenvalue weighted by Crippen LogP contribution is -2.36. The molecule has 15 heavy (non-hydrogen) atoms. The maximum absolute atomic E-state index is 11.0. The molecule has 0 aliphatic heterocycles. The molecule has 0 aromatic heterocycles. The van der Waals surface area contributed by atoms with Gasteiger partial charge in [0.1, 0.15) is 0 Å². The van der Waals surface area contributed by atoms with Gasteiger partial charge in [-0.05, 0) is 13.8 Å². The quantitative estimate of drug-likeness (QED) is 0.508. The monoisotopic (exact) mass is 214 g/mol. The first-order valence-corrected chi connectivity index (χ1v) is 4.88. The second-order valence-electron chi connectivity index (χ2n) is 3.21. The maximum atomic E-state index is 11.0. The molecule has 0 rings (SSSR count). The number of carbonyl (C=O) groups excluding carboxylic acids is 2. The van der Waals surface area contributed by atoms with E-state index in [-0.39, 0.29) is 31.1 Å². The molecule has 0 spiro atoms. The number of esters is 1. The molecule has 86 valence electrons. The molecular weight excluding hydrogens is 196 g/mol. The van der Waals surface area contributed by atoms with Crippen molar-refractivity contribution in [2.45, 2.75) is 26.4 Å². The van der Waals surface area contributed by atoms with Crippen LogP contribution in [0, 0.1) is 0 Å². The van der Waals surface area contributed by atoms with Crippen molar-refractivity contribution >= 4 is 12.0 Å². The summed E-state index contributed by atoms with van der Waals surface area (Å²) < 4.78 is 4.89. The molecule has 0 atom stereocenters. The summed E-state index contributed by atoms with van der Waals surface area (Å²) in [5.41, 5.74) is 0. The first-order chi connectivity index (χ1) is 7.06. The summed E-state index contributed by atoms with van der Waals surface area (Å²) >= 11 is 0. The molecule has 0 unspecified atom stereocenters. The molecular formula is C10H18N2O3. The van der Waals surface area contributed by atoms with E-state index in [4.69, 9.17) is 4.74 Å². The van der Waals surface area contributed by atoms with Gasteiger partial charge in [0.05, 0.1) is 12.5 Å². The Morgan fingerprint density at radius 2 is 2.07 bits per heavy atom. The predicted molar refractivity (Wildman–Crippen MR) is 57.4 cm³/mol. The van der Waals surface area contributed by atoms with Crippen LogP contribution in [0.1, 0.15) is 20.3 Å². The molecule has 2 amide bonds. The van der Waals surface area contributed by atoms with Crippen LogP contribution in [0.5, 0.6) is 0 Å². The zero-order chi connectivity index (χ0) is 11.7. The molecule has 5 nitrogen and oxygen atoms in total. The van der Waals surface area contributed by atoms with Crippen LogP contribution in [-0.4, -0.2) is 31.2 Å². The Kier molecular flexibility index (Phi) is 7.05. The zero-order valence-electron chi connectivity index (χ0n) is 9.21. The number of hydrogen-bond acceptors (Lipinski definition) is 3. The second-order valence-corrected chi connectivity index (χ2v) is 3.21. The van der Waals surface area contributed by atoms with Crippen molar-refractivity contribution < 1.29 is 14.3 Å². The van der Waals surface area contributed by atoms with Crippen LogP contribution in [0.25, 0.3) is 0 Å². The largest absolute Gasteiger partial charge is 0.463 e. The summed E-state index contributed by atoms with van der Waals surface area (Å²) in [5.74, 6) is -0.311. The van der Waals surface area contributed by atoms with E-state index in [2.05, 4.69) is 17.2 Å². The molecule has 0 radical (unpaired) electrons. The Bertz CT molecular complexity index is 227. The fraction of sp³-hybridized carbons (Fsp3) is 0.600. The minimum absolute atomic E-state index is 0.118. The van der Waals surface area contributed by atoms with Crippen LogP contribution in [0.15, 0.2) is 12.7 Å². The minimum Gasteiger partial charge on any atom is -0.463 e. The molecule has 0 aliphatic rings. The fourth-order valence-electron chi connectivity index (χ4n) is 0.827. The first kappa shape index (κ1) is 13.5. The van der Waals surface area contributed by atoms with Gasteiger partial charge in [0.25, 0.3) is 0 Å². The lowest BCUT2D eigenvalue weighted by molar-refractivity contribution is -0.147. The number of hydrogen-bond donors (Lipinski definition) is 2. The highest BCUT2D eigenvalue weighted by Crippen LogP contribution is 1.91. The van der Waals surface area contributed by atoms with Crippen LogP contribution in [-0.2, 0) is 9.53 Å². The number of carbonyl (C=O) groups is 2. The molecule has 0 heterocycles. The lowest BCUT2D eigenvalue weighted by Gasteiger charge is -2.08. The van der Waals surface area contributed by atoms with E-state index < -0.39 is 0 Å². The highest BCUT2D eigenvalue weighted by molar-refractivity contribution is 5.75. The summed E-state index contributed by atoms with van der Waals surface area (Å²) in [5, 5.41) is 5.05. The molecule has 0 aromatic rings. The van der Waals surface area contributed by atoms with E-state index in [1.54, 1.807) is 19.9 Å². The van der Waals surface area contributed by atoms with Gasteiger partial charge < -0.3 is 15.4 Å². The van der Waals surface area contributed by atoms with Gasteiger partial charge in [0, 0.05) is 13.1 Å². The van der Waals surface area contributed by atoms with Gasteiger partial charge in [-0.25, -0.2) is 4.79 Å². The standard InChI is InChI=1S/C10H18N2O3/c1-4-6-11-10(14)12-7-5-9(13)15-8(2)3/h4,8H,1,5-7H2,2-3H3,(H2,11,12,14). The normalized spacial score (nSPS) is 9.53. The Balaban J connectivity index is 3.48. The molecule has 5 heteroatoms. The molecule has 0 saturated heterocycles. The van der Waals surface area contributed by atoms with E-state index >= 15 is 0 Å². The average Bonchev–Trinajstić information content (AvgIpc) is 2.13. The Labute approximate surface area is 89.9 Å². The number of amides is 2. The van der Waals surface area contributed by atoms with E-state index in [0.717, 1.165) is 0 Å². The van der Waals surface area contributed by atoms with E-state index in [1.165, 1.54) is 0 Å². The average molecular weight is 214 g/mol. The van der Waals surface area contributed by atoms with Gasteiger partial charge in [-0.3, -0.25) is 4.79 Å². The Hall–Kier alpha value is -1.52. The van der Waals surface area contributed by atoms with Gasteiger partial charge in [-0.1, -0.05) is 6.08 Å². The molecule has 0 fully saturated rings. The smallest absolute Gasteiger partial charge is 0.315 e. The SMILES string of the molecule is C=CCNC(=O)NCCC(=O)OC(C)C. The predicted octanol–water partition coefficient (Wildman–Crippen LogP) is 0.813. The van der Waals surface area contributed by atoms with Gasteiger partial charge in [0.15, 0.2) is 0 Å².